The molecule has 0 aliphatic rings. The summed E-state index contributed by atoms with van der Waals surface area (Å²) in [6.07, 6.45) is 0. The Kier molecular flexibility index (Phi) is 4.46. The fraction of sp³-hybridized carbons (Fsp3) is 0.364. The highest BCUT2D eigenvalue weighted by Crippen LogP contribution is 2.26. The van der Waals surface area contributed by atoms with Crippen molar-refractivity contribution in [3.63, 3.8) is 0 Å². The van der Waals surface area contributed by atoms with E-state index in [1.54, 1.807) is 13.8 Å². The lowest BCUT2D eigenvalue weighted by atomic mass is 10.1. The molecule has 0 saturated heterocycles. The number of sulfonamides is 1. The van der Waals surface area contributed by atoms with Crippen molar-refractivity contribution in [1.29, 1.82) is 0 Å². The summed E-state index contributed by atoms with van der Waals surface area (Å²) in [6.45, 7) is 4.68. The lowest BCUT2D eigenvalue weighted by Crippen LogP contribution is -2.30. The largest absolute Gasteiger partial charge is 0.350 e. The molecule has 9 heteroatoms. The zero-order valence-corrected chi connectivity index (χ0v) is 12.0. The smallest absolute Gasteiger partial charge is 0.274 e. The minimum Gasteiger partial charge on any atom is -0.350 e. The second-order valence-electron chi connectivity index (χ2n) is 4.55. The summed E-state index contributed by atoms with van der Waals surface area (Å²) in [5.41, 5.74) is -0.691. The molecular formula is C11H15N3O5S. The Bertz CT molecular complexity index is 667. The van der Waals surface area contributed by atoms with Gasteiger partial charge in [0, 0.05) is 23.2 Å². The van der Waals surface area contributed by atoms with Crippen LogP contribution in [0.5, 0.6) is 0 Å². The van der Waals surface area contributed by atoms with Crippen LogP contribution >= 0.6 is 0 Å². The molecule has 0 aliphatic heterocycles. The van der Waals surface area contributed by atoms with Gasteiger partial charge in [-0.1, -0.05) is 0 Å². The standard InChI is InChI=1S/C11H15N3O5S/c1-6(2)13-11(15)8-4-9(14(16)17)7(3)10(5-8)20(12,18)19/h4-6H,1-3H3,(H,13,15)(H2,12,18,19). The van der Waals surface area contributed by atoms with E-state index in [9.17, 15) is 23.3 Å². The average molecular weight is 301 g/mol. The Hall–Kier alpha value is -2.00. The van der Waals surface area contributed by atoms with Crippen molar-refractivity contribution in [3.8, 4) is 0 Å². The van der Waals surface area contributed by atoms with Gasteiger partial charge >= 0.3 is 0 Å². The number of hydrogen-bond donors (Lipinski definition) is 2. The van der Waals surface area contributed by atoms with Crippen LogP contribution in [-0.4, -0.2) is 25.3 Å². The second-order valence-corrected chi connectivity index (χ2v) is 6.08. The van der Waals surface area contributed by atoms with E-state index in [1.165, 1.54) is 6.92 Å². The topological polar surface area (TPSA) is 132 Å². The van der Waals surface area contributed by atoms with Gasteiger partial charge in [0.1, 0.15) is 0 Å². The predicted molar refractivity (Wildman–Crippen MR) is 71.8 cm³/mol. The molecule has 1 aromatic carbocycles. The molecule has 0 atom stereocenters. The first-order valence-electron chi connectivity index (χ1n) is 5.66. The molecule has 0 heterocycles. The predicted octanol–water partition coefficient (Wildman–Crippen LogP) is 0.689. The van der Waals surface area contributed by atoms with E-state index in [1.807, 2.05) is 0 Å². The number of benzene rings is 1. The van der Waals surface area contributed by atoms with Crippen LogP contribution in [0.4, 0.5) is 5.69 Å². The first kappa shape index (κ1) is 16.1. The summed E-state index contributed by atoms with van der Waals surface area (Å²) in [5, 5.41) is 18.5. The van der Waals surface area contributed by atoms with Crippen molar-refractivity contribution in [2.24, 2.45) is 5.14 Å². The third kappa shape index (κ3) is 3.52. The Morgan fingerprint density at radius 3 is 2.35 bits per heavy atom. The number of carbonyl (C=O) groups is 1. The monoisotopic (exact) mass is 301 g/mol. The van der Waals surface area contributed by atoms with E-state index in [4.69, 9.17) is 5.14 Å². The lowest BCUT2D eigenvalue weighted by Gasteiger charge is -2.11. The van der Waals surface area contributed by atoms with Gasteiger partial charge in [-0.25, -0.2) is 13.6 Å². The molecule has 8 nitrogen and oxygen atoms in total. The maximum Gasteiger partial charge on any atom is 0.274 e. The molecule has 20 heavy (non-hydrogen) atoms. The Morgan fingerprint density at radius 2 is 1.95 bits per heavy atom. The van der Waals surface area contributed by atoms with Crippen molar-refractivity contribution in [1.82, 2.24) is 5.32 Å². The van der Waals surface area contributed by atoms with E-state index in [0.717, 1.165) is 12.1 Å². The first-order chi connectivity index (χ1) is 9.04. The molecule has 0 aromatic heterocycles. The molecule has 0 aliphatic carbocycles. The Morgan fingerprint density at radius 1 is 1.40 bits per heavy atom. The summed E-state index contributed by atoms with van der Waals surface area (Å²) in [6, 6.07) is 1.87. The second kappa shape index (κ2) is 5.55. The van der Waals surface area contributed by atoms with Gasteiger partial charge in [0.15, 0.2) is 0 Å². The van der Waals surface area contributed by atoms with Crippen molar-refractivity contribution in [3.05, 3.63) is 33.4 Å². The number of nitrogens with two attached hydrogens (primary N) is 1. The van der Waals surface area contributed by atoms with Gasteiger partial charge in [0.2, 0.25) is 10.0 Å². The SMILES string of the molecule is Cc1c([N+](=O)[O-])cc(C(=O)NC(C)C)cc1S(N)(=O)=O. The van der Waals surface area contributed by atoms with Gasteiger partial charge in [-0.2, -0.15) is 0 Å². The highest BCUT2D eigenvalue weighted by Gasteiger charge is 2.24. The van der Waals surface area contributed by atoms with Gasteiger partial charge in [0.05, 0.1) is 9.82 Å². The molecule has 0 spiro atoms. The van der Waals surface area contributed by atoms with Gasteiger partial charge in [-0.05, 0) is 26.8 Å². The fourth-order valence-corrected chi connectivity index (χ4v) is 2.46. The maximum atomic E-state index is 11.9. The van der Waals surface area contributed by atoms with Crippen LogP contribution in [0.3, 0.4) is 0 Å². The molecular weight excluding hydrogens is 286 g/mol. The van der Waals surface area contributed by atoms with Gasteiger partial charge < -0.3 is 5.32 Å². The fourth-order valence-electron chi connectivity index (χ4n) is 1.63. The lowest BCUT2D eigenvalue weighted by molar-refractivity contribution is -0.385. The molecule has 0 radical (unpaired) electrons. The minimum atomic E-state index is -4.16. The Labute approximate surface area is 116 Å². The van der Waals surface area contributed by atoms with Crippen LogP contribution in [0, 0.1) is 17.0 Å². The third-order valence-electron chi connectivity index (χ3n) is 2.52. The number of hydrogen-bond acceptors (Lipinski definition) is 5. The zero-order valence-electron chi connectivity index (χ0n) is 11.2. The molecule has 0 fully saturated rings. The number of carbonyl (C=O) groups excluding carboxylic acids is 1. The molecule has 0 bridgehead atoms. The maximum absolute atomic E-state index is 11.9. The summed E-state index contributed by atoms with van der Waals surface area (Å²) in [7, 11) is -4.16. The quantitative estimate of drug-likeness (QED) is 0.623. The molecule has 0 saturated carbocycles. The summed E-state index contributed by atoms with van der Waals surface area (Å²) < 4.78 is 22.9. The molecule has 1 amide bonds. The minimum absolute atomic E-state index is 0.0985. The Balaban J connectivity index is 3.53. The summed E-state index contributed by atoms with van der Waals surface area (Å²) >= 11 is 0. The number of primary sulfonamides is 1. The number of rotatable bonds is 4. The molecule has 110 valence electrons. The first-order valence-corrected chi connectivity index (χ1v) is 7.21. The van der Waals surface area contributed by atoms with Crippen LogP contribution in [0.25, 0.3) is 0 Å². The van der Waals surface area contributed by atoms with Gasteiger partial charge in [-0.3, -0.25) is 14.9 Å². The number of amides is 1. The van der Waals surface area contributed by atoms with Gasteiger partial charge in [-0.15, -0.1) is 0 Å². The highest BCUT2D eigenvalue weighted by atomic mass is 32.2. The number of nitro benzene ring substituents is 1. The van der Waals surface area contributed by atoms with E-state index in [-0.39, 0.29) is 17.2 Å². The van der Waals surface area contributed by atoms with E-state index in [2.05, 4.69) is 5.32 Å². The van der Waals surface area contributed by atoms with Crippen LogP contribution in [0.1, 0.15) is 29.8 Å². The summed E-state index contributed by atoms with van der Waals surface area (Å²) in [5.74, 6) is -0.604. The zero-order chi connectivity index (χ0) is 15.7. The molecule has 1 aromatic rings. The average Bonchev–Trinajstić information content (AvgIpc) is 2.25. The third-order valence-corrected chi connectivity index (χ3v) is 3.55. The van der Waals surface area contributed by atoms with Crippen molar-refractivity contribution in [2.75, 3.05) is 0 Å². The molecule has 1 rings (SSSR count). The van der Waals surface area contributed by atoms with Crippen LogP contribution in [0.2, 0.25) is 0 Å². The normalized spacial score (nSPS) is 11.4. The number of nitrogens with zero attached hydrogens (tertiary/aromatic N) is 1. The van der Waals surface area contributed by atoms with Crippen molar-refractivity contribution in [2.45, 2.75) is 31.7 Å². The van der Waals surface area contributed by atoms with E-state index in [0.29, 0.717) is 0 Å². The molecule has 0 unspecified atom stereocenters. The van der Waals surface area contributed by atoms with Crippen LogP contribution in [-0.2, 0) is 10.0 Å². The van der Waals surface area contributed by atoms with Crippen LogP contribution in [0.15, 0.2) is 17.0 Å². The summed E-state index contributed by atoms with van der Waals surface area (Å²) in [4.78, 5) is 21.6. The van der Waals surface area contributed by atoms with Crippen molar-refractivity contribution >= 4 is 21.6 Å². The molecule has 3 N–H and O–H groups in total. The number of nitro groups is 1. The highest BCUT2D eigenvalue weighted by molar-refractivity contribution is 7.89. The van der Waals surface area contributed by atoms with Gasteiger partial charge in [0.25, 0.3) is 11.6 Å². The van der Waals surface area contributed by atoms with E-state index < -0.39 is 31.4 Å². The van der Waals surface area contributed by atoms with Crippen molar-refractivity contribution < 1.29 is 18.1 Å². The number of nitrogens with one attached hydrogen (secondary N) is 1. The van der Waals surface area contributed by atoms with E-state index >= 15 is 0 Å². The van der Waals surface area contributed by atoms with Crippen LogP contribution < -0.4 is 10.5 Å².